The highest BCUT2D eigenvalue weighted by atomic mass is 127. The van der Waals surface area contributed by atoms with Crippen molar-refractivity contribution in [3.05, 3.63) is 67.3 Å². The summed E-state index contributed by atoms with van der Waals surface area (Å²) in [5.74, 6) is -2.96. The number of benzene rings is 2. The molecular weight excluding hydrogens is 647 g/mol. The maximum atomic E-state index is 13.1. The summed E-state index contributed by atoms with van der Waals surface area (Å²) in [5.41, 5.74) is 6.68. The Kier molecular flexibility index (Phi) is 9.84. The predicted octanol–water partition coefficient (Wildman–Crippen LogP) is 6.52. The van der Waals surface area contributed by atoms with Crippen LogP contribution in [0.1, 0.15) is 35.3 Å². The molecule has 37 heavy (non-hydrogen) atoms. The topological polar surface area (TPSA) is 87.5 Å². The molecule has 1 fully saturated rings. The highest BCUT2D eigenvalue weighted by Gasteiger charge is 2.38. The number of rotatable bonds is 4. The molecule has 1 saturated heterocycles. The molecule has 0 unspecified atom stereocenters. The lowest BCUT2D eigenvalue weighted by Gasteiger charge is -2.26. The van der Waals surface area contributed by atoms with Crippen LogP contribution >= 0.6 is 45.8 Å². The number of nitrogens with zero attached hydrogens (tertiary/aromatic N) is 3. The first-order chi connectivity index (χ1) is 17.4. The van der Waals surface area contributed by atoms with E-state index in [1.165, 1.54) is 6.42 Å². The minimum Gasteiger partial charge on any atom is -0.475 e. The smallest absolute Gasteiger partial charge is 0.475 e. The number of halogens is 6. The van der Waals surface area contributed by atoms with Gasteiger partial charge in [-0.1, -0.05) is 41.8 Å². The maximum Gasteiger partial charge on any atom is 0.490 e. The summed E-state index contributed by atoms with van der Waals surface area (Å²) in [5, 5.41) is 14.8. The third kappa shape index (κ3) is 7.59. The number of hydrogen-bond donors (Lipinski definition) is 2. The Balaban J connectivity index is 0.000000479. The van der Waals surface area contributed by atoms with Crippen molar-refractivity contribution in [2.24, 2.45) is 0 Å². The summed E-state index contributed by atoms with van der Waals surface area (Å²) < 4.78 is 34.6. The molecule has 2 heterocycles. The fourth-order valence-corrected chi connectivity index (χ4v) is 4.54. The predicted molar refractivity (Wildman–Crippen MR) is 143 cm³/mol. The largest absolute Gasteiger partial charge is 0.490 e. The Morgan fingerprint density at radius 2 is 1.65 bits per heavy atom. The first-order valence-corrected chi connectivity index (χ1v) is 12.9. The summed E-state index contributed by atoms with van der Waals surface area (Å²) in [6.45, 7) is 3.64. The zero-order chi connectivity index (χ0) is 27.3. The lowest BCUT2D eigenvalue weighted by Crippen LogP contribution is -2.45. The molecule has 1 aliphatic rings. The standard InChI is InChI=1S/C22H21Cl2IN4O.C2HF3O2/c1-14-20(22(30)27-28-11-3-2-4-12-28)26-29(19-10-7-16(23)13-18(19)24)21(14)15-5-8-17(25)9-6-15;3-2(4,5)1(6)7/h5-10,13H,2-4,11-12H2,1H3,(H,27,30);(H,6,7). The second-order valence-electron chi connectivity index (χ2n) is 8.13. The van der Waals surface area contributed by atoms with Gasteiger partial charge in [0.1, 0.15) is 0 Å². The van der Waals surface area contributed by atoms with E-state index < -0.39 is 12.1 Å². The van der Waals surface area contributed by atoms with Gasteiger partial charge in [-0.25, -0.2) is 14.5 Å². The molecule has 0 atom stereocenters. The summed E-state index contributed by atoms with van der Waals surface area (Å²) in [4.78, 5) is 22.0. The van der Waals surface area contributed by atoms with Crippen molar-refractivity contribution < 1.29 is 27.9 Å². The zero-order valence-electron chi connectivity index (χ0n) is 19.5. The van der Waals surface area contributed by atoms with Crippen molar-refractivity contribution in [2.75, 3.05) is 13.1 Å². The molecule has 1 amide bonds. The van der Waals surface area contributed by atoms with E-state index in [9.17, 15) is 18.0 Å². The molecule has 3 aromatic rings. The van der Waals surface area contributed by atoms with Crippen LogP contribution in [0, 0.1) is 10.5 Å². The first-order valence-electron chi connectivity index (χ1n) is 11.1. The molecule has 198 valence electrons. The van der Waals surface area contributed by atoms with Gasteiger partial charge in [0.05, 0.1) is 16.4 Å². The van der Waals surface area contributed by atoms with Gasteiger partial charge in [0, 0.05) is 32.8 Å². The van der Waals surface area contributed by atoms with Crippen LogP contribution in [-0.2, 0) is 4.79 Å². The van der Waals surface area contributed by atoms with Crippen LogP contribution in [0.2, 0.25) is 10.0 Å². The van der Waals surface area contributed by atoms with E-state index in [1.807, 2.05) is 42.3 Å². The van der Waals surface area contributed by atoms with Gasteiger partial charge >= 0.3 is 12.1 Å². The molecule has 0 radical (unpaired) electrons. The second kappa shape index (κ2) is 12.5. The number of carboxylic acid groups (broad SMARTS) is 1. The Labute approximate surface area is 234 Å². The number of amides is 1. The number of carbonyl (C=O) groups is 2. The van der Waals surface area contributed by atoms with E-state index in [0.717, 1.165) is 46.3 Å². The maximum absolute atomic E-state index is 13.1. The van der Waals surface area contributed by atoms with E-state index in [1.54, 1.807) is 16.8 Å². The lowest BCUT2D eigenvalue weighted by molar-refractivity contribution is -0.192. The minimum atomic E-state index is -5.08. The van der Waals surface area contributed by atoms with Gasteiger partial charge in [0.25, 0.3) is 5.91 Å². The van der Waals surface area contributed by atoms with Gasteiger partial charge in [-0.15, -0.1) is 0 Å². The number of piperidine rings is 1. The molecule has 1 aliphatic heterocycles. The molecule has 2 aromatic carbocycles. The van der Waals surface area contributed by atoms with Crippen LogP contribution in [-0.4, -0.2) is 51.0 Å². The summed E-state index contributed by atoms with van der Waals surface area (Å²) in [6, 6.07) is 13.4. The quantitative estimate of drug-likeness (QED) is 0.309. The fourth-order valence-electron chi connectivity index (χ4n) is 3.69. The number of hydrazine groups is 1. The van der Waals surface area contributed by atoms with Crippen LogP contribution < -0.4 is 5.43 Å². The molecule has 0 spiro atoms. The molecule has 2 N–H and O–H groups in total. The Hall–Kier alpha value is -2.35. The first kappa shape index (κ1) is 29.2. The SMILES string of the molecule is Cc1c(C(=O)NN2CCCCC2)nn(-c2ccc(Cl)cc2Cl)c1-c1ccc(I)cc1.O=C(O)C(F)(F)F. The zero-order valence-corrected chi connectivity index (χ0v) is 23.1. The van der Waals surface area contributed by atoms with Gasteiger partial charge in [0.15, 0.2) is 5.69 Å². The molecule has 0 aliphatic carbocycles. The van der Waals surface area contributed by atoms with Crippen molar-refractivity contribution >= 4 is 57.7 Å². The number of alkyl halides is 3. The summed E-state index contributed by atoms with van der Waals surface area (Å²) >= 11 is 14.9. The molecule has 0 bridgehead atoms. The van der Waals surface area contributed by atoms with Crippen LogP contribution in [0.15, 0.2) is 42.5 Å². The van der Waals surface area contributed by atoms with E-state index in [0.29, 0.717) is 21.4 Å². The van der Waals surface area contributed by atoms with E-state index in [4.69, 9.17) is 33.1 Å². The molecule has 0 saturated carbocycles. The number of nitrogens with one attached hydrogen (secondary N) is 1. The Bertz CT molecular complexity index is 1280. The second-order valence-corrected chi connectivity index (χ2v) is 10.2. The van der Waals surface area contributed by atoms with Crippen molar-refractivity contribution in [2.45, 2.75) is 32.4 Å². The van der Waals surface area contributed by atoms with E-state index >= 15 is 0 Å². The summed E-state index contributed by atoms with van der Waals surface area (Å²) in [7, 11) is 0. The number of carboxylic acids is 1. The normalized spacial score (nSPS) is 14.0. The highest BCUT2D eigenvalue weighted by Crippen LogP contribution is 2.33. The van der Waals surface area contributed by atoms with Crippen LogP contribution in [0.4, 0.5) is 13.2 Å². The van der Waals surface area contributed by atoms with Gasteiger partial charge in [-0.3, -0.25) is 10.2 Å². The molecule has 4 rings (SSSR count). The van der Waals surface area contributed by atoms with Crippen molar-refractivity contribution in [3.8, 4) is 16.9 Å². The van der Waals surface area contributed by atoms with Gasteiger partial charge < -0.3 is 5.11 Å². The molecule has 1 aromatic heterocycles. The third-order valence-corrected chi connectivity index (χ3v) is 6.71. The molecule has 7 nitrogen and oxygen atoms in total. The molecular formula is C24H22Cl2F3IN4O3. The van der Waals surface area contributed by atoms with E-state index in [-0.39, 0.29) is 5.91 Å². The van der Waals surface area contributed by atoms with Gasteiger partial charge in [-0.05, 0) is 72.7 Å². The van der Waals surface area contributed by atoms with Crippen LogP contribution in [0.25, 0.3) is 16.9 Å². The average Bonchev–Trinajstić information content (AvgIpc) is 3.17. The number of aliphatic carboxylic acids is 1. The van der Waals surface area contributed by atoms with Crippen LogP contribution in [0.3, 0.4) is 0 Å². The van der Waals surface area contributed by atoms with Crippen molar-refractivity contribution in [1.29, 1.82) is 0 Å². The average molecular weight is 669 g/mol. The van der Waals surface area contributed by atoms with E-state index in [2.05, 4.69) is 33.1 Å². The highest BCUT2D eigenvalue weighted by molar-refractivity contribution is 14.1. The van der Waals surface area contributed by atoms with Crippen LogP contribution in [0.5, 0.6) is 0 Å². The number of aromatic nitrogens is 2. The minimum absolute atomic E-state index is 0.204. The molecule has 13 heteroatoms. The van der Waals surface area contributed by atoms with Gasteiger partial charge in [-0.2, -0.15) is 18.3 Å². The Morgan fingerprint density at radius 1 is 1.05 bits per heavy atom. The van der Waals surface area contributed by atoms with Gasteiger partial charge in [0.2, 0.25) is 0 Å². The summed E-state index contributed by atoms with van der Waals surface area (Å²) in [6.07, 6.45) is -1.71. The monoisotopic (exact) mass is 668 g/mol. The fraction of sp³-hybridized carbons (Fsp3) is 0.292. The number of carbonyl (C=O) groups excluding carboxylic acids is 1. The lowest BCUT2D eigenvalue weighted by atomic mass is 10.1. The van der Waals surface area contributed by atoms with Crippen molar-refractivity contribution in [3.63, 3.8) is 0 Å². The van der Waals surface area contributed by atoms with Crippen molar-refractivity contribution in [1.82, 2.24) is 20.2 Å². The Morgan fingerprint density at radius 3 is 2.19 bits per heavy atom. The third-order valence-electron chi connectivity index (χ3n) is 5.45. The number of hydrogen-bond acceptors (Lipinski definition) is 4.